The molecule has 0 heterocycles. The Morgan fingerprint density at radius 3 is 1.72 bits per heavy atom. The van der Waals surface area contributed by atoms with Gasteiger partial charge in [-0.2, -0.15) is 0 Å². The first-order valence-electron chi connectivity index (χ1n) is 15.9. The summed E-state index contributed by atoms with van der Waals surface area (Å²) in [5, 5.41) is 13.5. The van der Waals surface area contributed by atoms with Crippen molar-refractivity contribution in [2.75, 3.05) is 40.9 Å². The lowest BCUT2D eigenvalue weighted by atomic mass is 10.0. The summed E-state index contributed by atoms with van der Waals surface area (Å²) in [5.74, 6) is -0.157. The van der Waals surface area contributed by atoms with Crippen molar-refractivity contribution in [3.63, 3.8) is 0 Å². The van der Waals surface area contributed by atoms with Crippen LogP contribution in [-0.4, -0.2) is 73.4 Å². The summed E-state index contributed by atoms with van der Waals surface area (Å²) in [5.41, 5.74) is 0. The monoisotopic (exact) mass is 579 g/mol. The quantitative estimate of drug-likeness (QED) is 0.0518. The molecule has 8 nitrogen and oxygen atoms in total. The normalized spacial score (nSPS) is 15.2. The van der Waals surface area contributed by atoms with Gasteiger partial charge in [-0.3, -0.25) is 13.8 Å². The number of likely N-dealkylation sites (N-methyl/N-ethyl adjacent to an activating group) is 1. The Morgan fingerprint density at radius 2 is 1.23 bits per heavy atom. The van der Waals surface area contributed by atoms with Crippen LogP contribution in [-0.2, 0) is 18.4 Å². The number of rotatable bonds is 28. The Labute approximate surface area is 240 Å². The van der Waals surface area contributed by atoms with Crippen molar-refractivity contribution in [3.05, 3.63) is 0 Å². The molecule has 0 aliphatic heterocycles. The third kappa shape index (κ3) is 26.2. The molecule has 3 N–H and O–H groups in total. The van der Waals surface area contributed by atoms with Crippen LogP contribution in [0.25, 0.3) is 0 Å². The molecule has 0 aromatic carbocycles. The van der Waals surface area contributed by atoms with E-state index in [0.29, 0.717) is 23.9 Å². The second-order valence-electron chi connectivity index (χ2n) is 12.2. The molecule has 0 saturated carbocycles. The van der Waals surface area contributed by atoms with Crippen LogP contribution < -0.4 is 5.32 Å². The number of carbonyl (C=O) groups is 1. The second-order valence-corrected chi connectivity index (χ2v) is 13.6. The maximum absolute atomic E-state index is 12.6. The van der Waals surface area contributed by atoms with Crippen molar-refractivity contribution >= 4 is 13.7 Å². The smallest absolute Gasteiger partial charge is 0.391 e. The topological polar surface area (TPSA) is 105 Å². The molecular weight excluding hydrogens is 515 g/mol. The molecule has 1 amide bonds. The molecule has 3 unspecified atom stereocenters. The average molecular weight is 580 g/mol. The van der Waals surface area contributed by atoms with E-state index in [2.05, 4.69) is 19.2 Å². The van der Waals surface area contributed by atoms with Crippen molar-refractivity contribution < 1.29 is 32.9 Å². The number of carbonyl (C=O) groups excluding carboxylic acids is 1. The number of aliphatic hydroxyl groups excluding tert-OH is 1. The molecule has 39 heavy (non-hydrogen) atoms. The Balaban J connectivity index is 4.23. The fraction of sp³-hybridized carbons (Fsp3) is 0.967. The second kappa shape index (κ2) is 24.1. The van der Waals surface area contributed by atoms with Gasteiger partial charge in [0.25, 0.3) is 0 Å². The van der Waals surface area contributed by atoms with Crippen LogP contribution in [0.4, 0.5) is 0 Å². The van der Waals surface area contributed by atoms with E-state index >= 15 is 0 Å². The number of amides is 1. The Morgan fingerprint density at radius 1 is 0.769 bits per heavy atom. The predicted molar refractivity (Wildman–Crippen MR) is 162 cm³/mol. The fourth-order valence-electron chi connectivity index (χ4n) is 4.45. The zero-order chi connectivity index (χ0) is 29.4. The molecule has 0 aromatic heterocycles. The Kier molecular flexibility index (Phi) is 23.8. The zero-order valence-electron chi connectivity index (χ0n) is 26.1. The Hall–Kier alpha value is -0.500. The molecular formula is C30H64N2O6P+. The molecule has 0 aromatic rings. The van der Waals surface area contributed by atoms with Crippen LogP contribution in [0.1, 0.15) is 136 Å². The number of phosphoric acid groups is 1. The van der Waals surface area contributed by atoms with E-state index in [1.54, 1.807) is 0 Å². The Bertz CT molecular complexity index is 629. The number of nitrogens with one attached hydrogen (secondary N) is 1. The number of nitrogens with zero attached hydrogens (tertiary/aromatic N) is 1. The minimum atomic E-state index is -4.27. The maximum atomic E-state index is 12.6. The summed E-state index contributed by atoms with van der Waals surface area (Å²) in [7, 11) is 1.61. The standard InChI is InChI=1S/C30H63N2O6P/c1-6-8-10-11-12-13-14-15-16-17-18-19-20-22-24-30(34)31-28(29(33)23-21-9-7-2)27-38-39(35,36)37-26-25-32(3,4)5/h28-29,33H,6-27H2,1-5H3,(H-,31,34,35,36)/p+1. The van der Waals surface area contributed by atoms with Crippen molar-refractivity contribution in [1.29, 1.82) is 0 Å². The minimum absolute atomic E-state index is 0.0759. The lowest BCUT2D eigenvalue weighted by molar-refractivity contribution is -0.870. The van der Waals surface area contributed by atoms with Gasteiger partial charge in [0, 0.05) is 6.42 Å². The summed E-state index contributed by atoms with van der Waals surface area (Å²) in [6.07, 6.45) is 20.5. The highest BCUT2D eigenvalue weighted by atomic mass is 31.2. The van der Waals surface area contributed by atoms with Gasteiger partial charge in [-0.15, -0.1) is 0 Å². The average Bonchev–Trinajstić information content (AvgIpc) is 2.85. The van der Waals surface area contributed by atoms with Crippen LogP contribution >= 0.6 is 7.82 Å². The van der Waals surface area contributed by atoms with Crippen LogP contribution in [0.2, 0.25) is 0 Å². The number of hydrogen-bond donors (Lipinski definition) is 3. The number of hydrogen-bond acceptors (Lipinski definition) is 5. The molecule has 234 valence electrons. The summed E-state index contributed by atoms with van der Waals surface area (Å²) < 4.78 is 23.1. The maximum Gasteiger partial charge on any atom is 0.472 e. The number of unbranched alkanes of at least 4 members (excludes halogenated alkanes) is 15. The van der Waals surface area contributed by atoms with Gasteiger partial charge in [-0.05, 0) is 12.8 Å². The van der Waals surface area contributed by atoms with E-state index < -0.39 is 20.0 Å². The van der Waals surface area contributed by atoms with Gasteiger partial charge in [0.05, 0.1) is 39.9 Å². The first kappa shape index (κ1) is 38.5. The molecule has 9 heteroatoms. The lowest BCUT2D eigenvalue weighted by Gasteiger charge is -2.26. The molecule has 0 radical (unpaired) electrons. The van der Waals surface area contributed by atoms with Crippen LogP contribution in [0.15, 0.2) is 0 Å². The third-order valence-electron chi connectivity index (χ3n) is 7.11. The zero-order valence-corrected chi connectivity index (χ0v) is 27.0. The molecule has 0 aliphatic carbocycles. The number of phosphoric ester groups is 1. The molecule has 0 bridgehead atoms. The van der Waals surface area contributed by atoms with Gasteiger partial charge < -0.3 is 19.8 Å². The van der Waals surface area contributed by atoms with Gasteiger partial charge in [0.1, 0.15) is 13.2 Å². The minimum Gasteiger partial charge on any atom is -0.391 e. The van der Waals surface area contributed by atoms with E-state index in [4.69, 9.17) is 9.05 Å². The van der Waals surface area contributed by atoms with Crippen molar-refractivity contribution in [3.8, 4) is 0 Å². The molecule has 0 rings (SSSR count). The third-order valence-corrected chi connectivity index (χ3v) is 8.09. The molecule has 0 saturated heterocycles. The highest BCUT2D eigenvalue weighted by Gasteiger charge is 2.28. The van der Waals surface area contributed by atoms with E-state index in [0.717, 1.165) is 38.5 Å². The van der Waals surface area contributed by atoms with E-state index in [-0.39, 0.29) is 19.1 Å². The predicted octanol–water partition coefficient (Wildman–Crippen LogP) is 7.12. The first-order valence-corrected chi connectivity index (χ1v) is 17.4. The van der Waals surface area contributed by atoms with E-state index in [1.807, 2.05) is 21.1 Å². The van der Waals surface area contributed by atoms with Crippen molar-refractivity contribution in [1.82, 2.24) is 5.32 Å². The summed E-state index contributed by atoms with van der Waals surface area (Å²) in [6, 6.07) is -0.747. The van der Waals surface area contributed by atoms with Crippen molar-refractivity contribution in [2.24, 2.45) is 0 Å². The van der Waals surface area contributed by atoms with E-state index in [9.17, 15) is 19.4 Å². The highest BCUT2D eigenvalue weighted by molar-refractivity contribution is 7.47. The summed E-state index contributed by atoms with van der Waals surface area (Å²) in [4.78, 5) is 22.6. The lowest BCUT2D eigenvalue weighted by Crippen LogP contribution is -2.46. The van der Waals surface area contributed by atoms with Crippen LogP contribution in [0, 0.1) is 0 Å². The fourth-order valence-corrected chi connectivity index (χ4v) is 5.19. The van der Waals surface area contributed by atoms with Gasteiger partial charge in [0.2, 0.25) is 5.91 Å². The highest BCUT2D eigenvalue weighted by Crippen LogP contribution is 2.43. The van der Waals surface area contributed by atoms with Crippen LogP contribution in [0.3, 0.4) is 0 Å². The van der Waals surface area contributed by atoms with Crippen molar-refractivity contribution in [2.45, 2.75) is 148 Å². The molecule has 0 fully saturated rings. The van der Waals surface area contributed by atoms with Gasteiger partial charge in [0.15, 0.2) is 0 Å². The van der Waals surface area contributed by atoms with Gasteiger partial charge >= 0.3 is 7.82 Å². The molecule has 0 aliphatic rings. The van der Waals surface area contributed by atoms with Crippen LogP contribution in [0.5, 0.6) is 0 Å². The number of aliphatic hydroxyl groups is 1. The largest absolute Gasteiger partial charge is 0.472 e. The molecule has 3 atom stereocenters. The SMILES string of the molecule is CCCCCCCCCCCCCCCCC(=O)NC(COP(=O)(O)OCC[N+](C)(C)C)C(O)CCCCC. The number of quaternary nitrogens is 1. The van der Waals surface area contributed by atoms with E-state index in [1.165, 1.54) is 70.6 Å². The first-order chi connectivity index (χ1) is 18.5. The molecule has 0 spiro atoms. The van der Waals surface area contributed by atoms with Gasteiger partial charge in [-0.25, -0.2) is 4.57 Å². The van der Waals surface area contributed by atoms with Gasteiger partial charge in [-0.1, -0.05) is 117 Å². The summed E-state index contributed by atoms with van der Waals surface area (Å²) >= 11 is 0. The summed E-state index contributed by atoms with van der Waals surface area (Å²) in [6.45, 7) is 4.70.